The maximum absolute atomic E-state index is 13.3. The monoisotopic (exact) mass is 514 g/mol. The topological polar surface area (TPSA) is 287 Å². The van der Waals surface area contributed by atoms with Gasteiger partial charge in [0, 0.05) is 19.5 Å². The number of primary amides is 1. The third kappa shape index (κ3) is 10.1. The number of aliphatic imine (C=N–C) groups is 1. The highest BCUT2D eigenvalue weighted by Crippen LogP contribution is 2.20. The zero-order valence-electron chi connectivity index (χ0n) is 19.7. The molecule has 16 nitrogen and oxygen atoms in total. The molecule has 1 rings (SSSR count). The molecule has 0 bridgehead atoms. The molecule has 0 radical (unpaired) electrons. The molecule has 1 fully saturated rings. The van der Waals surface area contributed by atoms with Crippen molar-refractivity contribution in [2.45, 2.75) is 69.1 Å². The SMILES string of the molecule is NC(=O)CC(NC(=O)C1CCCN1C(=O)C(CCCN=C(N)N)NC(=O)C(N)CCC(=O)O)C(=O)O. The van der Waals surface area contributed by atoms with E-state index in [4.69, 9.17) is 28.0 Å². The molecule has 0 saturated carbocycles. The molecular formula is C20H34N8O8. The van der Waals surface area contributed by atoms with Gasteiger partial charge in [-0.3, -0.25) is 29.0 Å². The van der Waals surface area contributed by atoms with E-state index in [1.54, 1.807) is 0 Å². The molecule has 1 saturated heterocycles. The largest absolute Gasteiger partial charge is 0.481 e. The van der Waals surface area contributed by atoms with Crippen LogP contribution in [0.2, 0.25) is 0 Å². The summed E-state index contributed by atoms with van der Waals surface area (Å²) < 4.78 is 0. The number of nitrogens with one attached hydrogen (secondary N) is 2. The first-order valence-electron chi connectivity index (χ1n) is 11.3. The summed E-state index contributed by atoms with van der Waals surface area (Å²) in [5.74, 6) is -5.81. The van der Waals surface area contributed by atoms with Gasteiger partial charge in [-0.05, 0) is 32.1 Å². The fraction of sp³-hybridized carbons (Fsp3) is 0.650. The molecule has 4 unspecified atom stereocenters. The van der Waals surface area contributed by atoms with Crippen molar-refractivity contribution >= 4 is 41.5 Å². The maximum atomic E-state index is 13.3. The molecule has 1 aliphatic heterocycles. The van der Waals surface area contributed by atoms with Crippen LogP contribution < -0.4 is 33.6 Å². The van der Waals surface area contributed by atoms with Gasteiger partial charge in [-0.2, -0.15) is 0 Å². The Morgan fingerprint density at radius 3 is 2.22 bits per heavy atom. The molecule has 1 heterocycles. The minimum absolute atomic E-state index is 0.0806. The average Bonchev–Trinajstić information content (AvgIpc) is 3.27. The van der Waals surface area contributed by atoms with E-state index >= 15 is 0 Å². The lowest BCUT2D eigenvalue weighted by molar-refractivity contribution is -0.146. The molecule has 4 amide bonds. The van der Waals surface area contributed by atoms with Crippen LogP contribution in [0, 0.1) is 0 Å². The van der Waals surface area contributed by atoms with Gasteiger partial charge in [0.15, 0.2) is 5.96 Å². The lowest BCUT2D eigenvalue weighted by Gasteiger charge is -2.30. The molecule has 0 aromatic rings. The second kappa shape index (κ2) is 14.4. The van der Waals surface area contributed by atoms with Crippen molar-refractivity contribution in [1.82, 2.24) is 15.5 Å². The molecule has 0 aromatic heterocycles. The Bertz CT molecular complexity index is 876. The summed E-state index contributed by atoms with van der Waals surface area (Å²) in [5, 5.41) is 22.8. The van der Waals surface area contributed by atoms with Gasteiger partial charge in [0.1, 0.15) is 18.1 Å². The molecule has 0 aromatic carbocycles. The second-order valence-electron chi connectivity index (χ2n) is 8.31. The Balaban J connectivity index is 2.99. The van der Waals surface area contributed by atoms with E-state index in [0.717, 1.165) is 0 Å². The molecule has 16 heteroatoms. The summed E-state index contributed by atoms with van der Waals surface area (Å²) in [6, 6.07) is -4.91. The molecule has 36 heavy (non-hydrogen) atoms. The predicted octanol–water partition coefficient (Wildman–Crippen LogP) is -3.85. The maximum Gasteiger partial charge on any atom is 0.326 e. The second-order valence-corrected chi connectivity index (χ2v) is 8.31. The summed E-state index contributed by atoms with van der Waals surface area (Å²) in [5.41, 5.74) is 21.4. The molecule has 0 spiro atoms. The summed E-state index contributed by atoms with van der Waals surface area (Å²) in [7, 11) is 0. The minimum atomic E-state index is -1.56. The number of nitrogens with two attached hydrogens (primary N) is 4. The van der Waals surface area contributed by atoms with Crippen molar-refractivity contribution < 1.29 is 39.0 Å². The van der Waals surface area contributed by atoms with Crippen LogP contribution in [0.5, 0.6) is 0 Å². The third-order valence-corrected chi connectivity index (χ3v) is 5.42. The number of rotatable bonds is 15. The van der Waals surface area contributed by atoms with Gasteiger partial charge >= 0.3 is 11.9 Å². The van der Waals surface area contributed by atoms with E-state index in [2.05, 4.69) is 15.6 Å². The lowest BCUT2D eigenvalue weighted by atomic mass is 10.1. The normalized spacial score (nSPS) is 17.4. The summed E-state index contributed by atoms with van der Waals surface area (Å²) >= 11 is 0. The molecule has 4 atom stereocenters. The summed E-state index contributed by atoms with van der Waals surface area (Å²) in [6.07, 6.45) is -0.0963. The minimum Gasteiger partial charge on any atom is -0.481 e. The Morgan fingerprint density at radius 1 is 1.00 bits per heavy atom. The third-order valence-electron chi connectivity index (χ3n) is 5.42. The number of carboxylic acid groups (broad SMARTS) is 2. The van der Waals surface area contributed by atoms with E-state index in [1.807, 2.05) is 0 Å². The quantitative estimate of drug-likeness (QED) is 0.0594. The van der Waals surface area contributed by atoms with E-state index in [1.165, 1.54) is 4.90 Å². The molecule has 0 aliphatic carbocycles. The van der Waals surface area contributed by atoms with Crippen molar-refractivity contribution in [2.24, 2.45) is 27.9 Å². The smallest absolute Gasteiger partial charge is 0.326 e. The Morgan fingerprint density at radius 2 is 1.67 bits per heavy atom. The van der Waals surface area contributed by atoms with Gasteiger partial charge in [-0.15, -0.1) is 0 Å². The van der Waals surface area contributed by atoms with Crippen LogP contribution in [0.25, 0.3) is 0 Å². The van der Waals surface area contributed by atoms with E-state index in [0.29, 0.717) is 6.42 Å². The van der Waals surface area contributed by atoms with Gasteiger partial charge in [-0.1, -0.05) is 0 Å². The number of hydrogen-bond acceptors (Lipinski definition) is 8. The molecule has 1 aliphatic rings. The fourth-order valence-corrected chi connectivity index (χ4v) is 3.62. The van der Waals surface area contributed by atoms with Crippen molar-refractivity contribution in [1.29, 1.82) is 0 Å². The first-order valence-corrected chi connectivity index (χ1v) is 11.3. The Kier molecular flexibility index (Phi) is 12.1. The Labute approximate surface area is 206 Å². The number of likely N-dealkylation sites (tertiary alicyclic amines) is 1. The molecule has 12 N–H and O–H groups in total. The van der Waals surface area contributed by atoms with Crippen molar-refractivity contribution in [3.63, 3.8) is 0 Å². The van der Waals surface area contributed by atoms with Crippen LogP contribution in [0.4, 0.5) is 0 Å². The van der Waals surface area contributed by atoms with Gasteiger partial charge in [0.2, 0.25) is 23.6 Å². The highest BCUT2D eigenvalue weighted by molar-refractivity contribution is 5.95. The van der Waals surface area contributed by atoms with Crippen molar-refractivity contribution in [3.05, 3.63) is 0 Å². The van der Waals surface area contributed by atoms with Gasteiger partial charge in [0.25, 0.3) is 0 Å². The highest BCUT2D eigenvalue weighted by Gasteiger charge is 2.39. The highest BCUT2D eigenvalue weighted by atomic mass is 16.4. The summed E-state index contributed by atoms with van der Waals surface area (Å²) in [6.45, 7) is 0.320. The van der Waals surface area contributed by atoms with Crippen molar-refractivity contribution in [2.75, 3.05) is 13.1 Å². The zero-order chi connectivity index (χ0) is 27.4. The molecule has 202 valence electrons. The van der Waals surface area contributed by atoms with Crippen LogP contribution in [-0.2, 0) is 28.8 Å². The number of carbonyl (C=O) groups is 6. The zero-order valence-corrected chi connectivity index (χ0v) is 19.7. The lowest BCUT2D eigenvalue weighted by Crippen LogP contribution is -2.57. The number of amides is 4. The predicted molar refractivity (Wildman–Crippen MR) is 125 cm³/mol. The number of aliphatic carboxylic acids is 2. The van der Waals surface area contributed by atoms with Crippen LogP contribution in [0.3, 0.4) is 0 Å². The van der Waals surface area contributed by atoms with Crippen molar-refractivity contribution in [3.8, 4) is 0 Å². The fourth-order valence-electron chi connectivity index (χ4n) is 3.62. The standard InChI is InChI=1S/C20H34N8O8/c21-10(5-6-15(30)31)16(32)26-11(3-1-7-25-20(23)24)18(34)28-8-2-4-13(28)17(33)27-12(19(35)36)9-14(22)29/h10-13H,1-9,21H2,(H2,22,29)(H,26,32)(H,27,33)(H,30,31)(H,35,36)(H4,23,24,25). The van der Waals surface area contributed by atoms with Gasteiger partial charge < -0.3 is 48.7 Å². The van der Waals surface area contributed by atoms with Crippen LogP contribution in [0.1, 0.15) is 44.9 Å². The number of guanidine groups is 1. The number of carboxylic acids is 2. The van der Waals surface area contributed by atoms with Crippen LogP contribution >= 0.6 is 0 Å². The average molecular weight is 515 g/mol. The first-order chi connectivity index (χ1) is 16.8. The number of hydrogen-bond donors (Lipinski definition) is 8. The number of nitrogens with zero attached hydrogens (tertiary/aromatic N) is 2. The van der Waals surface area contributed by atoms with E-state index < -0.39 is 66.2 Å². The first kappa shape index (κ1) is 30.1. The van der Waals surface area contributed by atoms with E-state index in [-0.39, 0.29) is 51.2 Å². The van der Waals surface area contributed by atoms with E-state index in [9.17, 15) is 33.9 Å². The summed E-state index contributed by atoms with van der Waals surface area (Å²) in [4.78, 5) is 76.9. The number of carbonyl (C=O) groups excluding carboxylic acids is 4. The molecular weight excluding hydrogens is 480 g/mol. The van der Waals surface area contributed by atoms with Gasteiger partial charge in [-0.25, -0.2) is 4.79 Å². The van der Waals surface area contributed by atoms with Crippen LogP contribution in [-0.4, -0.2) is 93.9 Å². The Hall–Kier alpha value is -3.95. The van der Waals surface area contributed by atoms with Gasteiger partial charge in [0.05, 0.1) is 12.5 Å². The van der Waals surface area contributed by atoms with Crippen LogP contribution in [0.15, 0.2) is 4.99 Å².